The van der Waals surface area contributed by atoms with E-state index in [1.807, 2.05) is 36.4 Å². The molecule has 0 radical (unpaired) electrons. The van der Waals surface area contributed by atoms with Crippen molar-refractivity contribution < 1.29 is 37.4 Å². The normalized spacial score (nSPS) is 15.8. The Morgan fingerprint density at radius 1 is 1.11 bits per heavy atom. The Morgan fingerprint density at radius 3 is 2.37 bits per heavy atom. The van der Waals surface area contributed by atoms with Gasteiger partial charge in [0, 0.05) is 25.2 Å². The van der Waals surface area contributed by atoms with Gasteiger partial charge in [-0.2, -0.15) is 13.1 Å². The summed E-state index contributed by atoms with van der Waals surface area (Å²) in [7, 11) is -4.45. The average Bonchev–Trinajstić information content (AvgIpc) is 2.87. The predicted molar refractivity (Wildman–Crippen MR) is 141 cm³/mol. The van der Waals surface area contributed by atoms with Crippen LogP contribution in [0.2, 0.25) is 0 Å². The van der Waals surface area contributed by atoms with Gasteiger partial charge < -0.3 is 25.1 Å². The number of rotatable bonds is 8. The molecule has 10 nitrogen and oxygen atoms in total. The van der Waals surface area contributed by atoms with Crippen LogP contribution in [0.5, 0.6) is 11.5 Å². The van der Waals surface area contributed by atoms with Gasteiger partial charge in [-0.1, -0.05) is 19.1 Å². The van der Waals surface area contributed by atoms with Crippen LogP contribution in [-0.4, -0.2) is 60.3 Å². The third-order valence-corrected chi connectivity index (χ3v) is 6.96. The van der Waals surface area contributed by atoms with E-state index in [9.17, 15) is 18.4 Å². The summed E-state index contributed by atoms with van der Waals surface area (Å²) in [5.74, 6) is -0.306. The molecule has 4 rings (SSSR count). The standard InChI is InChI=1S/C20H26N2O2.C7H6O6S/c1-17-4-2-11-21(16-17)12-3-15-24-20-7-5-18(6-8-20)19-9-13-22(23)14-10-19;8-6-2-1-4(14(11,12)13)3-5(6)7(9)10/h5-10,13-14,17H,2-4,11-12,15-16H2,1H3;1-3,8H,(H,9,10)(H,11,12,13)/t17-;/m0./s1. The Hall–Kier alpha value is -3.67. The lowest BCUT2D eigenvalue weighted by atomic mass is 10.0. The summed E-state index contributed by atoms with van der Waals surface area (Å²) in [5.41, 5.74) is 1.54. The van der Waals surface area contributed by atoms with Gasteiger partial charge in [0.05, 0.1) is 11.5 Å². The van der Waals surface area contributed by atoms with Gasteiger partial charge in [-0.05, 0) is 73.2 Å². The van der Waals surface area contributed by atoms with Crippen molar-refractivity contribution in [2.45, 2.75) is 31.1 Å². The molecule has 0 aliphatic carbocycles. The molecule has 2 aromatic carbocycles. The molecule has 204 valence electrons. The molecule has 0 unspecified atom stereocenters. The number of hydrogen-bond acceptors (Lipinski definition) is 7. The maximum Gasteiger partial charge on any atom is 0.339 e. The van der Waals surface area contributed by atoms with Crippen molar-refractivity contribution in [2.24, 2.45) is 5.92 Å². The summed E-state index contributed by atoms with van der Waals surface area (Å²) in [5, 5.41) is 28.6. The third-order valence-electron chi connectivity index (χ3n) is 6.11. The van der Waals surface area contributed by atoms with Crippen LogP contribution in [0.15, 0.2) is 71.9 Å². The number of hydrogen-bond donors (Lipinski definition) is 3. The number of pyridine rings is 1. The van der Waals surface area contributed by atoms with Crippen LogP contribution in [0.4, 0.5) is 0 Å². The number of aromatic hydroxyl groups is 1. The minimum Gasteiger partial charge on any atom is -0.619 e. The van der Waals surface area contributed by atoms with E-state index in [2.05, 4.69) is 11.8 Å². The van der Waals surface area contributed by atoms with Crippen LogP contribution < -0.4 is 9.47 Å². The Kier molecular flexibility index (Phi) is 10.1. The van der Waals surface area contributed by atoms with E-state index in [1.165, 1.54) is 38.3 Å². The number of benzene rings is 2. The van der Waals surface area contributed by atoms with Gasteiger partial charge in [0.25, 0.3) is 10.1 Å². The fourth-order valence-corrected chi connectivity index (χ4v) is 4.67. The second-order valence-corrected chi connectivity index (χ2v) is 10.6. The molecule has 3 aromatic rings. The molecular formula is C27H32N2O8S. The van der Waals surface area contributed by atoms with Crippen molar-refractivity contribution in [3.8, 4) is 22.6 Å². The highest BCUT2D eigenvalue weighted by atomic mass is 32.2. The van der Waals surface area contributed by atoms with Crippen LogP contribution in [0.25, 0.3) is 11.1 Å². The quantitative estimate of drug-likeness (QED) is 0.166. The monoisotopic (exact) mass is 544 g/mol. The van der Waals surface area contributed by atoms with Crippen molar-refractivity contribution in [1.82, 2.24) is 4.90 Å². The van der Waals surface area contributed by atoms with Crippen LogP contribution in [0, 0.1) is 11.1 Å². The van der Waals surface area contributed by atoms with Gasteiger partial charge in [-0.15, -0.1) is 0 Å². The molecule has 1 aliphatic heterocycles. The van der Waals surface area contributed by atoms with E-state index < -0.39 is 32.3 Å². The molecular weight excluding hydrogens is 512 g/mol. The predicted octanol–water partition coefficient (Wildman–Crippen LogP) is 3.82. The van der Waals surface area contributed by atoms with Gasteiger partial charge in [-0.25, -0.2) is 4.79 Å². The molecule has 0 amide bonds. The molecule has 0 saturated carbocycles. The van der Waals surface area contributed by atoms with Crippen LogP contribution >= 0.6 is 0 Å². The van der Waals surface area contributed by atoms with Crippen molar-refractivity contribution in [2.75, 3.05) is 26.2 Å². The van der Waals surface area contributed by atoms with Gasteiger partial charge in [-0.3, -0.25) is 4.55 Å². The molecule has 1 atom stereocenters. The number of carboxylic acids is 1. The number of nitrogens with zero attached hydrogens (tertiary/aromatic N) is 2. The summed E-state index contributed by atoms with van der Waals surface area (Å²) in [4.78, 5) is 12.4. The van der Waals surface area contributed by atoms with Gasteiger partial charge >= 0.3 is 5.97 Å². The number of aromatic carboxylic acids is 1. The van der Waals surface area contributed by atoms with E-state index in [0.717, 1.165) is 59.2 Å². The van der Waals surface area contributed by atoms with Crippen LogP contribution in [-0.2, 0) is 10.1 Å². The van der Waals surface area contributed by atoms with E-state index in [4.69, 9.17) is 19.5 Å². The van der Waals surface area contributed by atoms with E-state index in [-0.39, 0.29) is 0 Å². The molecule has 38 heavy (non-hydrogen) atoms. The molecule has 1 saturated heterocycles. The number of ether oxygens (including phenoxy) is 1. The topological polar surface area (TPSA) is 151 Å². The smallest absolute Gasteiger partial charge is 0.339 e. The summed E-state index contributed by atoms with van der Waals surface area (Å²) in [6.45, 7) is 6.69. The second kappa shape index (κ2) is 13.2. The first-order chi connectivity index (χ1) is 18.0. The molecule has 11 heteroatoms. The first-order valence-corrected chi connectivity index (χ1v) is 13.6. The first-order valence-electron chi connectivity index (χ1n) is 12.2. The Morgan fingerprint density at radius 2 is 1.76 bits per heavy atom. The molecule has 0 spiro atoms. The summed E-state index contributed by atoms with van der Waals surface area (Å²) >= 11 is 0. The third kappa shape index (κ3) is 8.72. The zero-order chi connectivity index (χ0) is 27.7. The van der Waals surface area contributed by atoms with Crippen LogP contribution in [0.1, 0.15) is 36.5 Å². The summed E-state index contributed by atoms with van der Waals surface area (Å²) < 4.78 is 36.4. The highest BCUT2D eigenvalue weighted by molar-refractivity contribution is 7.85. The summed E-state index contributed by atoms with van der Waals surface area (Å²) in [6, 6.07) is 14.2. The number of carbonyl (C=O) groups is 1. The Labute approximate surface area is 222 Å². The summed E-state index contributed by atoms with van der Waals surface area (Å²) in [6.07, 6.45) is 6.80. The molecule has 1 aromatic heterocycles. The number of phenols is 1. The van der Waals surface area contributed by atoms with E-state index in [1.54, 1.807) is 0 Å². The average molecular weight is 545 g/mol. The fraction of sp³-hybridized carbons (Fsp3) is 0.333. The van der Waals surface area contributed by atoms with Crippen molar-refractivity contribution in [3.05, 3.63) is 77.8 Å². The fourth-order valence-electron chi connectivity index (χ4n) is 4.16. The van der Waals surface area contributed by atoms with E-state index in [0.29, 0.717) is 6.07 Å². The van der Waals surface area contributed by atoms with Gasteiger partial charge in [0.2, 0.25) is 0 Å². The SMILES string of the molecule is C[C@H]1CCCN(CCCOc2ccc(-c3cc[n+]([O-])cc3)cc2)C1.O=C(O)c1cc(S(=O)(=O)O)ccc1O. The van der Waals surface area contributed by atoms with Gasteiger partial charge in [0.1, 0.15) is 17.1 Å². The Balaban J connectivity index is 0.000000244. The van der Waals surface area contributed by atoms with Crippen molar-refractivity contribution >= 4 is 16.1 Å². The number of carboxylic acid groups (broad SMARTS) is 1. The first kappa shape index (κ1) is 28.9. The largest absolute Gasteiger partial charge is 0.619 e. The minimum atomic E-state index is -4.45. The van der Waals surface area contributed by atoms with Crippen molar-refractivity contribution in [3.63, 3.8) is 0 Å². The zero-order valence-electron chi connectivity index (χ0n) is 21.1. The van der Waals surface area contributed by atoms with Crippen molar-refractivity contribution in [1.29, 1.82) is 0 Å². The lowest BCUT2D eigenvalue weighted by Gasteiger charge is -2.30. The lowest BCUT2D eigenvalue weighted by molar-refractivity contribution is -0.605. The Bertz CT molecular complexity index is 1310. The number of likely N-dealkylation sites (tertiary alicyclic amines) is 1. The second-order valence-electron chi connectivity index (χ2n) is 9.18. The molecule has 0 bridgehead atoms. The highest BCUT2D eigenvalue weighted by Crippen LogP contribution is 2.22. The zero-order valence-corrected chi connectivity index (χ0v) is 21.9. The maximum absolute atomic E-state index is 11.1. The minimum absolute atomic E-state index is 0.565. The van der Waals surface area contributed by atoms with Crippen LogP contribution in [0.3, 0.4) is 0 Å². The number of piperidine rings is 1. The molecule has 1 fully saturated rings. The maximum atomic E-state index is 11.1. The highest BCUT2D eigenvalue weighted by Gasteiger charge is 2.16. The van der Waals surface area contributed by atoms with E-state index >= 15 is 0 Å². The number of aromatic nitrogens is 1. The van der Waals surface area contributed by atoms with Gasteiger partial charge in [0.15, 0.2) is 12.4 Å². The molecule has 3 N–H and O–H groups in total. The molecule has 1 aliphatic rings. The molecule has 2 heterocycles. The lowest BCUT2D eigenvalue weighted by Crippen LogP contribution is -2.35.